The minimum absolute atomic E-state index is 0.0995. The number of rotatable bonds is 9. The third-order valence-corrected chi connectivity index (χ3v) is 19.4. The average molecular weight is 971 g/mol. The minimum Gasteiger partial charge on any atom is -0.432 e. The number of fused-ring (bicyclic) bond motifs is 7. The Kier molecular flexibility index (Phi) is 14.2. The lowest BCUT2D eigenvalue weighted by Gasteiger charge is -2.72. The van der Waals surface area contributed by atoms with Crippen LogP contribution < -0.4 is 0 Å². The van der Waals surface area contributed by atoms with E-state index < -0.39 is 140 Å². The van der Waals surface area contributed by atoms with Crippen LogP contribution in [0.2, 0.25) is 0 Å². The number of ether oxygens (including phenoxy) is 7. The van der Waals surface area contributed by atoms with Gasteiger partial charge in [-0.25, -0.2) is 0 Å². The fraction of sp³-hybridized carbons (Fsp3) is 0.918. The monoisotopic (exact) mass is 971 g/mol. The number of carbonyl (C=O) groups is 2. The van der Waals surface area contributed by atoms with Gasteiger partial charge < -0.3 is 84.2 Å². The van der Waals surface area contributed by atoms with Gasteiger partial charge in [-0.2, -0.15) is 0 Å². The maximum absolute atomic E-state index is 15.1. The molecule has 0 spiro atoms. The first-order valence-electron chi connectivity index (χ1n) is 24.6. The summed E-state index contributed by atoms with van der Waals surface area (Å²) in [5.41, 5.74) is -2.26. The number of methoxy groups -OCH3 is 1. The van der Waals surface area contributed by atoms with Crippen LogP contribution in [0.15, 0.2) is 11.6 Å². The van der Waals surface area contributed by atoms with Gasteiger partial charge in [0.1, 0.15) is 72.9 Å². The highest BCUT2D eigenvalue weighted by molar-refractivity contribution is 5.92. The number of hydrogen-bond acceptors (Lipinski definition) is 19. The Morgan fingerprint density at radius 3 is 2.03 bits per heavy atom. The fourth-order valence-electron chi connectivity index (χ4n) is 14.9. The first kappa shape index (κ1) is 52.6. The standard InChI is InChI=1S/C49H78O19/c1-21-30(53)32(55)35(58)41(64-21)67-38-25(19-50)65-40(37(60)34(38)57)63-20-26-31(54)33(56)36(59)42(66-26)68-43(61)49-15-14-47(7)22(23(49)17-44(2,3)29(52)18-49)16-24(62-9)39-46(6)12-11-28(51)45(4,5)27(46)10-13-48(39,47)8/h16,21,23-28,30-42,50-51,53-60H,10-15,17-20H2,1-9H3/t21-,23+,24+,25+,26+,27+,28+,30-,31+,32+,33-,34+,35+,36+,37+,38+,39+,40+,41-,42-,46+,47+,48+,49+/m0/s1. The van der Waals surface area contributed by atoms with E-state index in [1.165, 1.54) is 6.92 Å². The first-order valence-corrected chi connectivity index (χ1v) is 24.6. The molecule has 3 heterocycles. The summed E-state index contributed by atoms with van der Waals surface area (Å²) < 4.78 is 41.1. The summed E-state index contributed by atoms with van der Waals surface area (Å²) in [6.45, 7) is 15.2. The van der Waals surface area contributed by atoms with Crippen LogP contribution in [-0.2, 0) is 42.7 Å². The summed E-state index contributed by atoms with van der Waals surface area (Å²) in [5.74, 6) is -1.03. The average Bonchev–Trinajstić information content (AvgIpc) is 3.28. The molecule has 3 aliphatic heterocycles. The summed E-state index contributed by atoms with van der Waals surface area (Å²) >= 11 is 0. The molecule has 0 aromatic carbocycles. The molecule has 3 saturated heterocycles. The van der Waals surface area contributed by atoms with Crippen molar-refractivity contribution in [3.05, 3.63) is 11.6 Å². The predicted octanol–water partition coefficient (Wildman–Crippen LogP) is -0.0280. The highest BCUT2D eigenvalue weighted by atomic mass is 16.8. The van der Waals surface area contributed by atoms with Gasteiger partial charge in [-0.15, -0.1) is 0 Å². The molecule has 24 atom stereocenters. The molecule has 0 amide bonds. The molecule has 8 aliphatic rings. The minimum atomic E-state index is -1.93. The van der Waals surface area contributed by atoms with E-state index in [1.807, 2.05) is 13.8 Å². The Labute approximate surface area is 398 Å². The maximum atomic E-state index is 15.1. The number of aliphatic hydroxyl groups is 10. The number of esters is 1. The zero-order valence-corrected chi connectivity index (χ0v) is 40.8. The normalized spacial score (nSPS) is 53.2. The Morgan fingerprint density at radius 1 is 0.735 bits per heavy atom. The third kappa shape index (κ3) is 8.00. The SMILES string of the molecule is CO[C@@H]1C=C2[C@H]3CC(C)(C)C(=O)C[C@]3(C(=O)O[C@@H]3O[C@H](CO[C@@H]4O[C@H](CO)[C@@H](O[C@@H]5O[C@@H](C)[C@H](O)[C@@H](O)[C@H]5O)[C@H](O)[C@H]4O)[C@@H](O)[C@H](O)[C@H]3O)CC[C@@]2(C)[C@]2(C)CC[C@@H]3C(C)(C)[C@H](O)CC[C@@]3(C)[C@@H]12. The van der Waals surface area contributed by atoms with Crippen LogP contribution in [-0.4, -0.2) is 187 Å². The van der Waals surface area contributed by atoms with Crippen molar-refractivity contribution in [3.8, 4) is 0 Å². The van der Waals surface area contributed by atoms with E-state index in [0.29, 0.717) is 25.7 Å². The molecule has 10 N–H and O–H groups in total. The van der Waals surface area contributed by atoms with E-state index in [2.05, 4.69) is 40.7 Å². The number of ketones is 1. The molecule has 5 aliphatic carbocycles. The first-order chi connectivity index (χ1) is 31.6. The molecule has 0 aromatic heterocycles. The molecule has 0 bridgehead atoms. The van der Waals surface area contributed by atoms with E-state index in [1.54, 1.807) is 7.11 Å². The molecular formula is C49H78O19. The van der Waals surface area contributed by atoms with E-state index in [0.717, 1.165) is 24.8 Å². The zero-order valence-electron chi connectivity index (χ0n) is 40.8. The third-order valence-electron chi connectivity index (χ3n) is 19.4. The van der Waals surface area contributed by atoms with Crippen molar-refractivity contribution in [2.45, 2.75) is 211 Å². The largest absolute Gasteiger partial charge is 0.432 e. The number of aliphatic hydroxyl groups excluding tert-OH is 10. The zero-order chi connectivity index (χ0) is 50.0. The number of hydrogen-bond donors (Lipinski definition) is 10. The van der Waals surface area contributed by atoms with Crippen LogP contribution in [0.3, 0.4) is 0 Å². The van der Waals surface area contributed by atoms with Crippen molar-refractivity contribution in [1.82, 2.24) is 0 Å². The van der Waals surface area contributed by atoms with Gasteiger partial charge in [0.2, 0.25) is 6.29 Å². The quantitative estimate of drug-likeness (QED) is 0.107. The van der Waals surface area contributed by atoms with Gasteiger partial charge in [-0.3, -0.25) is 9.59 Å². The summed E-state index contributed by atoms with van der Waals surface area (Å²) in [5, 5.41) is 108. The lowest BCUT2D eigenvalue weighted by Crippen LogP contribution is -2.68. The van der Waals surface area contributed by atoms with Crippen molar-refractivity contribution >= 4 is 11.8 Å². The second kappa shape index (κ2) is 18.3. The molecule has 4 saturated carbocycles. The van der Waals surface area contributed by atoms with Crippen LogP contribution in [0.5, 0.6) is 0 Å². The van der Waals surface area contributed by atoms with Gasteiger partial charge in [0.25, 0.3) is 0 Å². The molecule has 0 aromatic rings. The van der Waals surface area contributed by atoms with E-state index in [4.69, 9.17) is 33.2 Å². The number of Topliss-reactive ketones (excluding diaryl/α,β-unsaturated/α-hetero) is 1. The van der Waals surface area contributed by atoms with Gasteiger partial charge in [0.15, 0.2) is 12.6 Å². The fourth-order valence-corrected chi connectivity index (χ4v) is 14.9. The van der Waals surface area contributed by atoms with Gasteiger partial charge in [0.05, 0.1) is 36.9 Å². The second-order valence-corrected chi connectivity index (χ2v) is 23.7. The molecule has 7 fully saturated rings. The molecule has 19 heteroatoms. The molecule has 388 valence electrons. The van der Waals surface area contributed by atoms with Crippen LogP contribution in [0.1, 0.15) is 107 Å². The van der Waals surface area contributed by atoms with E-state index >= 15 is 4.79 Å². The smallest absolute Gasteiger partial charge is 0.315 e. The summed E-state index contributed by atoms with van der Waals surface area (Å²) in [6.07, 6.45) is -18.9. The predicted molar refractivity (Wildman–Crippen MR) is 235 cm³/mol. The highest BCUT2D eigenvalue weighted by Gasteiger charge is 2.72. The van der Waals surface area contributed by atoms with Crippen molar-refractivity contribution in [2.75, 3.05) is 20.3 Å². The Bertz CT molecular complexity index is 1910. The van der Waals surface area contributed by atoms with E-state index in [9.17, 15) is 55.9 Å². The highest BCUT2D eigenvalue weighted by Crippen LogP contribution is 2.76. The lowest BCUT2D eigenvalue weighted by atomic mass is 9.33. The summed E-state index contributed by atoms with van der Waals surface area (Å²) in [7, 11) is 1.72. The van der Waals surface area contributed by atoms with Crippen LogP contribution >= 0.6 is 0 Å². The topological polar surface area (TPSA) is 301 Å². The second-order valence-electron chi connectivity index (χ2n) is 23.7. The molecule has 68 heavy (non-hydrogen) atoms. The Morgan fingerprint density at radius 2 is 1.37 bits per heavy atom. The van der Waals surface area contributed by atoms with Crippen molar-refractivity contribution in [1.29, 1.82) is 0 Å². The van der Waals surface area contributed by atoms with Crippen molar-refractivity contribution in [2.24, 2.45) is 50.2 Å². The van der Waals surface area contributed by atoms with Crippen molar-refractivity contribution < 1.29 is 93.8 Å². The van der Waals surface area contributed by atoms with Gasteiger partial charge in [0, 0.05) is 24.9 Å². The van der Waals surface area contributed by atoms with Gasteiger partial charge in [-0.05, 0) is 85.4 Å². The maximum Gasteiger partial charge on any atom is 0.315 e. The van der Waals surface area contributed by atoms with Crippen LogP contribution in [0, 0.1) is 50.2 Å². The molecule has 8 rings (SSSR count). The number of carbonyl (C=O) groups excluding carboxylic acids is 2. The number of allylic oxidation sites excluding steroid dienone is 1. The Balaban J connectivity index is 1.01. The van der Waals surface area contributed by atoms with Gasteiger partial charge >= 0.3 is 5.97 Å². The summed E-state index contributed by atoms with van der Waals surface area (Å²) in [4.78, 5) is 29.1. The molecule has 19 nitrogen and oxygen atoms in total. The van der Waals surface area contributed by atoms with Crippen LogP contribution in [0.25, 0.3) is 0 Å². The van der Waals surface area contributed by atoms with Crippen molar-refractivity contribution in [3.63, 3.8) is 0 Å². The summed E-state index contributed by atoms with van der Waals surface area (Å²) in [6, 6.07) is 0. The van der Waals surface area contributed by atoms with Gasteiger partial charge in [-0.1, -0.05) is 60.1 Å². The van der Waals surface area contributed by atoms with Crippen LogP contribution in [0.4, 0.5) is 0 Å². The molecule has 0 radical (unpaired) electrons. The lowest BCUT2D eigenvalue weighted by molar-refractivity contribution is -0.361. The molecular weight excluding hydrogens is 893 g/mol. The Hall–Kier alpha value is -1.76. The van der Waals surface area contributed by atoms with E-state index in [-0.39, 0.29) is 46.4 Å². The molecule has 0 unspecified atom stereocenters.